The third-order valence-corrected chi connectivity index (χ3v) is 7.20. The van der Waals surface area contributed by atoms with Gasteiger partial charge in [-0.3, -0.25) is 0 Å². The third-order valence-electron chi connectivity index (χ3n) is 7.20. The summed E-state index contributed by atoms with van der Waals surface area (Å²) in [5, 5.41) is 0. The van der Waals surface area contributed by atoms with Gasteiger partial charge >= 0.3 is 5.97 Å². The first-order chi connectivity index (χ1) is 21.7. The summed E-state index contributed by atoms with van der Waals surface area (Å²) in [6, 6.07) is 57.2. The molecule has 4 nitrogen and oxygen atoms in total. The topological polar surface area (TPSA) is 32.8 Å². The second kappa shape index (κ2) is 13.9. The molecule has 0 saturated carbocycles. The zero-order valence-electron chi connectivity index (χ0n) is 24.2. The summed E-state index contributed by atoms with van der Waals surface area (Å²) in [5.74, 6) is -0.386. The van der Waals surface area contributed by atoms with Crippen molar-refractivity contribution in [1.29, 1.82) is 0 Å². The lowest BCUT2D eigenvalue weighted by Crippen LogP contribution is -2.09. The van der Waals surface area contributed by atoms with Crippen LogP contribution in [0.1, 0.15) is 11.1 Å². The normalized spacial score (nSPS) is 10.8. The van der Waals surface area contributed by atoms with Crippen LogP contribution in [0, 0.1) is 0 Å². The first-order valence-corrected chi connectivity index (χ1v) is 14.6. The lowest BCUT2D eigenvalue weighted by molar-refractivity contribution is -0.138. The summed E-state index contributed by atoms with van der Waals surface area (Å²) in [6.45, 7) is 0.197. The van der Waals surface area contributed by atoms with E-state index in [-0.39, 0.29) is 12.6 Å². The van der Waals surface area contributed by atoms with Gasteiger partial charge in [-0.25, -0.2) is 4.79 Å². The molecular formula is C40H32N2O2. The van der Waals surface area contributed by atoms with E-state index in [9.17, 15) is 4.79 Å². The molecule has 0 unspecified atom stereocenters. The molecule has 0 aromatic heterocycles. The van der Waals surface area contributed by atoms with Gasteiger partial charge in [0, 0.05) is 40.2 Å². The highest BCUT2D eigenvalue weighted by Gasteiger charge is 2.13. The number of esters is 1. The minimum atomic E-state index is -0.386. The largest absolute Gasteiger partial charge is 0.458 e. The molecule has 4 heteroatoms. The van der Waals surface area contributed by atoms with E-state index in [2.05, 4.69) is 82.6 Å². The van der Waals surface area contributed by atoms with Gasteiger partial charge in [0.1, 0.15) is 6.61 Å². The summed E-state index contributed by atoms with van der Waals surface area (Å²) >= 11 is 0. The summed E-state index contributed by atoms with van der Waals surface area (Å²) < 4.78 is 5.55. The van der Waals surface area contributed by atoms with Crippen molar-refractivity contribution >= 4 is 46.2 Å². The van der Waals surface area contributed by atoms with Crippen LogP contribution >= 0.6 is 0 Å². The maximum Gasteiger partial charge on any atom is 0.331 e. The molecular weight excluding hydrogens is 540 g/mol. The van der Waals surface area contributed by atoms with Crippen LogP contribution in [0.3, 0.4) is 0 Å². The summed E-state index contributed by atoms with van der Waals surface area (Å²) in [5.41, 5.74) is 8.19. The van der Waals surface area contributed by atoms with E-state index < -0.39 is 0 Å². The van der Waals surface area contributed by atoms with Crippen molar-refractivity contribution in [2.45, 2.75) is 6.61 Å². The standard InChI is InChI=1S/C40H32N2O2/c43-40(30-25-32-21-26-38(27-22-32)41(34-13-5-1-6-14-34)35-15-7-2-8-16-35)44-31-33-23-28-39(29-24-33)42(36-17-9-3-10-18-36)37-19-11-4-12-20-37/h1-30H,31H2. The SMILES string of the molecule is O=C(C=Cc1ccc(N(c2ccccc2)c2ccccc2)cc1)OCc1ccc(N(c2ccccc2)c2ccccc2)cc1. The summed E-state index contributed by atoms with van der Waals surface area (Å²) in [7, 11) is 0. The summed E-state index contributed by atoms with van der Waals surface area (Å²) in [4.78, 5) is 17.0. The number of carbonyl (C=O) groups excluding carboxylic acids is 1. The van der Waals surface area contributed by atoms with Crippen LogP contribution in [0.2, 0.25) is 0 Å². The minimum Gasteiger partial charge on any atom is -0.458 e. The van der Waals surface area contributed by atoms with E-state index in [1.54, 1.807) is 6.08 Å². The number of anilines is 6. The Morgan fingerprint density at radius 2 is 0.795 bits per heavy atom. The average Bonchev–Trinajstić information content (AvgIpc) is 3.10. The Hall–Kier alpha value is -5.87. The van der Waals surface area contributed by atoms with Crippen molar-refractivity contribution < 1.29 is 9.53 Å². The number of nitrogens with zero attached hydrogens (tertiary/aromatic N) is 2. The Labute approximate surface area is 258 Å². The zero-order chi connectivity index (χ0) is 30.0. The molecule has 0 aliphatic carbocycles. The highest BCUT2D eigenvalue weighted by molar-refractivity contribution is 5.87. The number of benzene rings is 6. The van der Waals surface area contributed by atoms with Gasteiger partial charge in [0.2, 0.25) is 0 Å². The number of carbonyl (C=O) groups is 1. The van der Waals surface area contributed by atoms with Crippen LogP contribution in [0.4, 0.5) is 34.1 Å². The predicted octanol–water partition coefficient (Wildman–Crippen LogP) is 10.4. The van der Waals surface area contributed by atoms with Crippen molar-refractivity contribution in [3.05, 3.63) is 187 Å². The van der Waals surface area contributed by atoms with Crippen molar-refractivity contribution in [2.75, 3.05) is 9.80 Å². The highest BCUT2D eigenvalue weighted by Crippen LogP contribution is 2.35. The van der Waals surface area contributed by atoms with E-state index in [4.69, 9.17) is 4.74 Å². The van der Waals surface area contributed by atoms with E-state index in [0.717, 1.165) is 45.3 Å². The molecule has 0 N–H and O–H groups in total. The number of para-hydroxylation sites is 4. The van der Waals surface area contributed by atoms with Crippen LogP contribution in [-0.2, 0) is 16.1 Å². The molecule has 0 radical (unpaired) electrons. The predicted molar refractivity (Wildman–Crippen MR) is 181 cm³/mol. The molecule has 6 aromatic carbocycles. The summed E-state index contributed by atoms with van der Waals surface area (Å²) in [6.07, 6.45) is 3.25. The molecule has 0 atom stereocenters. The third kappa shape index (κ3) is 6.94. The van der Waals surface area contributed by atoms with Crippen LogP contribution < -0.4 is 9.80 Å². The number of rotatable bonds is 10. The monoisotopic (exact) mass is 572 g/mol. The molecule has 0 heterocycles. The fourth-order valence-corrected chi connectivity index (χ4v) is 5.05. The lowest BCUT2D eigenvalue weighted by Gasteiger charge is -2.25. The molecule has 0 spiro atoms. The maximum absolute atomic E-state index is 12.6. The Morgan fingerprint density at radius 1 is 0.455 bits per heavy atom. The molecule has 0 fully saturated rings. The van der Waals surface area contributed by atoms with Gasteiger partial charge in [-0.2, -0.15) is 0 Å². The van der Waals surface area contributed by atoms with Gasteiger partial charge in [-0.1, -0.05) is 97.1 Å². The first kappa shape index (κ1) is 28.3. The Kier molecular flexibility index (Phi) is 8.90. The molecule has 0 saturated heterocycles. The number of hydrogen-bond donors (Lipinski definition) is 0. The van der Waals surface area contributed by atoms with E-state index in [1.807, 2.05) is 97.1 Å². The zero-order valence-corrected chi connectivity index (χ0v) is 24.2. The number of ether oxygens (including phenoxy) is 1. The van der Waals surface area contributed by atoms with Crippen LogP contribution in [0.25, 0.3) is 6.08 Å². The first-order valence-electron chi connectivity index (χ1n) is 14.6. The second-order valence-corrected chi connectivity index (χ2v) is 10.2. The van der Waals surface area contributed by atoms with Crippen molar-refractivity contribution in [3.8, 4) is 0 Å². The Balaban J connectivity index is 1.09. The minimum absolute atomic E-state index is 0.197. The van der Waals surface area contributed by atoms with Gasteiger partial charge in [0.05, 0.1) is 0 Å². The number of hydrogen-bond acceptors (Lipinski definition) is 4. The van der Waals surface area contributed by atoms with Gasteiger partial charge < -0.3 is 14.5 Å². The van der Waals surface area contributed by atoms with Crippen molar-refractivity contribution in [3.63, 3.8) is 0 Å². The molecule has 0 amide bonds. The smallest absolute Gasteiger partial charge is 0.331 e. The molecule has 6 rings (SSSR count). The van der Waals surface area contributed by atoms with E-state index in [0.29, 0.717) is 0 Å². The van der Waals surface area contributed by atoms with Crippen LogP contribution in [0.15, 0.2) is 176 Å². The van der Waals surface area contributed by atoms with Gasteiger partial charge in [0.25, 0.3) is 0 Å². The van der Waals surface area contributed by atoms with E-state index in [1.165, 1.54) is 6.08 Å². The molecule has 0 bridgehead atoms. The molecule has 0 aliphatic rings. The quantitative estimate of drug-likeness (QED) is 0.121. The Bertz CT molecular complexity index is 1710. The fraction of sp³-hybridized carbons (Fsp3) is 0.0250. The molecule has 0 aliphatic heterocycles. The fourth-order valence-electron chi connectivity index (χ4n) is 5.05. The van der Waals surface area contributed by atoms with Crippen LogP contribution in [0.5, 0.6) is 0 Å². The molecule has 214 valence electrons. The van der Waals surface area contributed by atoms with Crippen molar-refractivity contribution in [2.24, 2.45) is 0 Å². The maximum atomic E-state index is 12.6. The molecule has 6 aromatic rings. The molecule has 44 heavy (non-hydrogen) atoms. The highest BCUT2D eigenvalue weighted by atomic mass is 16.5. The average molecular weight is 573 g/mol. The van der Waals surface area contributed by atoms with Gasteiger partial charge in [0.15, 0.2) is 0 Å². The van der Waals surface area contributed by atoms with Gasteiger partial charge in [-0.15, -0.1) is 0 Å². The van der Waals surface area contributed by atoms with E-state index >= 15 is 0 Å². The van der Waals surface area contributed by atoms with Crippen LogP contribution in [-0.4, -0.2) is 5.97 Å². The second-order valence-electron chi connectivity index (χ2n) is 10.2. The Morgan fingerprint density at radius 3 is 1.18 bits per heavy atom. The van der Waals surface area contributed by atoms with Gasteiger partial charge in [-0.05, 0) is 90.0 Å². The lowest BCUT2D eigenvalue weighted by atomic mass is 10.1. The van der Waals surface area contributed by atoms with Crippen molar-refractivity contribution in [1.82, 2.24) is 0 Å².